The number of para-hydroxylation sites is 1. The van der Waals surface area contributed by atoms with Crippen molar-refractivity contribution in [3.63, 3.8) is 0 Å². The number of benzene rings is 4. The van der Waals surface area contributed by atoms with E-state index in [4.69, 9.17) is 18.9 Å². The average Bonchev–Trinajstić information content (AvgIpc) is 2.95. The second-order valence-electron chi connectivity index (χ2n) is 10.5. The lowest BCUT2D eigenvalue weighted by atomic mass is 9.76. The highest BCUT2D eigenvalue weighted by Gasteiger charge is 2.53. The molecule has 210 valence electrons. The number of hydrogen-bond acceptors (Lipinski definition) is 10. The molecule has 4 aromatic carbocycles. The van der Waals surface area contributed by atoms with Gasteiger partial charge in [-0.15, -0.1) is 0 Å². The molecule has 10 heteroatoms. The van der Waals surface area contributed by atoms with Gasteiger partial charge in [0, 0.05) is 47.1 Å². The van der Waals surface area contributed by atoms with Crippen molar-refractivity contribution in [2.75, 3.05) is 7.11 Å². The third-order valence-electron chi connectivity index (χ3n) is 8.08. The Morgan fingerprint density at radius 3 is 2.29 bits per heavy atom. The molecule has 0 spiro atoms. The first-order chi connectivity index (χ1) is 19.7. The number of hydrogen-bond donors (Lipinski definition) is 6. The maximum atomic E-state index is 11.1. The minimum absolute atomic E-state index is 0.0614. The van der Waals surface area contributed by atoms with E-state index >= 15 is 0 Å². The van der Waals surface area contributed by atoms with Crippen LogP contribution in [0.2, 0.25) is 0 Å². The molecule has 0 aliphatic carbocycles. The minimum Gasteiger partial charge on any atom is -0.507 e. The van der Waals surface area contributed by atoms with Crippen LogP contribution < -0.4 is 18.9 Å². The van der Waals surface area contributed by atoms with Crippen molar-refractivity contribution < 1.29 is 49.6 Å². The number of rotatable bonds is 3. The average molecular weight is 559 g/mol. The number of aliphatic hydroxyl groups is 1. The third-order valence-corrected chi connectivity index (χ3v) is 8.08. The van der Waals surface area contributed by atoms with Crippen LogP contribution in [0.3, 0.4) is 0 Å². The molecule has 0 fully saturated rings. The SMILES string of the molecule is COc1cccc2c1O[C@]1(c3ccc(O)c(O)c3)C[C@H]2c2c(cc(O)c3c2O[C@H](c2ccc(O)c(O)c2)[C@@H](O)C3)O1. The van der Waals surface area contributed by atoms with Crippen molar-refractivity contribution in [2.24, 2.45) is 0 Å². The van der Waals surface area contributed by atoms with Crippen LogP contribution in [0.1, 0.15) is 46.3 Å². The highest BCUT2D eigenvalue weighted by atomic mass is 16.7. The van der Waals surface area contributed by atoms with Crippen molar-refractivity contribution in [3.8, 4) is 51.7 Å². The summed E-state index contributed by atoms with van der Waals surface area (Å²) in [6.45, 7) is 0. The zero-order chi connectivity index (χ0) is 28.6. The first kappa shape index (κ1) is 25.0. The van der Waals surface area contributed by atoms with E-state index in [9.17, 15) is 30.6 Å². The predicted molar refractivity (Wildman–Crippen MR) is 143 cm³/mol. The zero-order valence-corrected chi connectivity index (χ0v) is 21.7. The first-order valence-electron chi connectivity index (χ1n) is 13.0. The molecule has 3 heterocycles. The molecule has 6 N–H and O–H groups in total. The summed E-state index contributed by atoms with van der Waals surface area (Å²) in [6.07, 6.45) is -1.66. The monoisotopic (exact) mass is 558 g/mol. The highest BCUT2D eigenvalue weighted by molar-refractivity contribution is 5.66. The lowest BCUT2D eigenvalue weighted by Gasteiger charge is -2.47. The molecule has 3 aliphatic heterocycles. The molecule has 0 saturated heterocycles. The number of aliphatic hydroxyl groups excluding tert-OH is 1. The van der Waals surface area contributed by atoms with Gasteiger partial charge in [0.1, 0.15) is 23.4 Å². The van der Waals surface area contributed by atoms with Gasteiger partial charge in [-0.1, -0.05) is 18.2 Å². The van der Waals surface area contributed by atoms with Crippen LogP contribution >= 0.6 is 0 Å². The maximum absolute atomic E-state index is 11.1. The molecule has 4 atom stereocenters. The van der Waals surface area contributed by atoms with E-state index in [0.717, 1.165) is 5.56 Å². The number of ether oxygens (including phenoxy) is 4. The largest absolute Gasteiger partial charge is 0.507 e. The molecular formula is C31H26O10. The lowest BCUT2D eigenvalue weighted by molar-refractivity contribution is -0.150. The molecule has 0 amide bonds. The quantitative estimate of drug-likeness (QED) is 0.199. The van der Waals surface area contributed by atoms with Crippen LogP contribution in [0, 0.1) is 0 Å². The molecular weight excluding hydrogens is 532 g/mol. The van der Waals surface area contributed by atoms with Crippen LogP contribution in [0.25, 0.3) is 0 Å². The summed E-state index contributed by atoms with van der Waals surface area (Å²) in [5, 5.41) is 62.2. The van der Waals surface area contributed by atoms with E-state index in [1.165, 1.54) is 37.4 Å². The van der Waals surface area contributed by atoms with Gasteiger partial charge in [0.05, 0.1) is 13.2 Å². The predicted octanol–water partition coefficient (Wildman–Crippen LogP) is 4.42. The van der Waals surface area contributed by atoms with Gasteiger partial charge < -0.3 is 49.6 Å². The van der Waals surface area contributed by atoms with Crippen molar-refractivity contribution in [1.82, 2.24) is 0 Å². The minimum atomic E-state index is -1.46. The number of phenols is 5. The molecule has 10 nitrogen and oxygen atoms in total. The fourth-order valence-electron chi connectivity index (χ4n) is 6.11. The number of aromatic hydroxyl groups is 5. The van der Waals surface area contributed by atoms with E-state index in [2.05, 4.69) is 0 Å². The molecule has 0 aromatic heterocycles. The van der Waals surface area contributed by atoms with Gasteiger partial charge in [0.25, 0.3) is 5.79 Å². The Kier molecular flexibility index (Phi) is 5.36. The molecule has 7 rings (SSSR count). The van der Waals surface area contributed by atoms with Crippen molar-refractivity contribution in [3.05, 3.63) is 88.5 Å². The van der Waals surface area contributed by atoms with Crippen LogP contribution in [0.15, 0.2) is 60.7 Å². The van der Waals surface area contributed by atoms with E-state index in [-0.39, 0.29) is 47.3 Å². The maximum Gasteiger partial charge on any atom is 0.279 e. The topological polar surface area (TPSA) is 158 Å². The molecule has 0 saturated carbocycles. The molecule has 2 bridgehead atoms. The smallest absolute Gasteiger partial charge is 0.279 e. The molecule has 0 radical (unpaired) electrons. The van der Waals surface area contributed by atoms with Gasteiger partial charge in [-0.2, -0.15) is 0 Å². The highest BCUT2D eigenvalue weighted by Crippen LogP contribution is 2.61. The third kappa shape index (κ3) is 3.67. The van der Waals surface area contributed by atoms with E-state index < -0.39 is 23.9 Å². The summed E-state index contributed by atoms with van der Waals surface area (Å²) >= 11 is 0. The molecule has 41 heavy (non-hydrogen) atoms. The Morgan fingerprint density at radius 1 is 0.805 bits per heavy atom. The molecule has 3 aliphatic rings. The van der Waals surface area contributed by atoms with Crippen LogP contribution in [-0.2, 0) is 12.2 Å². The van der Waals surface area contributed by atoms with Gasteiger partial charge in [-0.05, 0) is 42.0 Å². The van der Waals surface area contributed by atoms with Gasteiger partial charge in [-0.25, -0.2) is 0 Å². The summed E-state index contributed by atoms with van der Waals surface area (Å²) in [6, 6.07) is 15.5. The second kappa shape index (κ2) is 8.77. The number of methoxy groups -OCH3 is 1. The Hall–Kier alpha value is -4.96. The molecule has 0 unspecified atom stereocenters. The Bertz CT molecular complexity index is 1720. The summed E-state index contributed by atoms with van der Waals surface area (Å²) in [7, 11) is 1.53. The van der Waals surface area contributed by atoms with Crippen molar-refractivity contribution in [2.45, 2.75) is 36.8 Å². The first-order valence-corrected chi connectivity index (χ1v) is 13.0. The van der Waals surface area contributed by atoms with E-state index in [1.54, 1.807) is 18.2 Å². The molecule has 4 aromatic rings. The fraction of sp³-hybridized carbons (Fsp3) is 0.226. The number of phenolic OH excluding ortho intramolecular Hbond substituents is 5. The Labute approximate surface area is 233 Å². The van der Waals surface area contributed by atoms with Gasteiger partial charge >= 0.3 is 0 Å². The summed E-state index contributed by atoms with van der Waals surface area (Å²) in [4.78, 5) is 0. The van der Waals surface area contributed by atoms with Crippen molar-refractivity contribution in [1.29, 1.82) is 0 Å². The Morgan fingerprint density at radius 2 is 1.56 bits per heavy atom. The Balaban J connectivity index is 1.44. The normalized spacial score (nSPS) is 23.6. The lowest BCUT2D eigenvalue weighted by Crippen LogP contribution is -2.47. The second-order valence-corrected chi connectivity index (χ2v) is 10.5. The van der Waals surface area contributed by atoms with Gasteiger partial charge in [0.15, 0.2) is 34.5 Å². The fourth-order valence-corrected chi connectivity index (χ4v) is 6.11. The van der Waals surface area contributed by atoms with E-state index in [0.29, 0.717) is 39.5 Å². The standard InChI is InChI=1S/C31H26O10/c1-38-25-4-2-3-16-18-13-31(41-29(16)25,15-6-8-20(33)23(36)10-15)40-26-12-21(34)17-11-24(37)28(39-30(17)27(18)26)14-5-7-19(32)22(35)9-14/h2-10,12,18,24,28,32-37H,11,13H2,1H3/t18-,24+,28-,31+/m1/s1. The van der Waals surface area contributed by atoms with Crippen molar-refractivity contribution >= 4 is 0 Å². The van der Waals surface area contributed by atoms with E-state index in [1.807, 2.05) is 12.1 Å². The van der Waals surface area contributed by atoms with Gasteiger partial charge in [-0.3, -0.25) is 0 Å². The summed E-state index contributed by atoms with van der Waals surface area (Å²) < 4.78 is 25.1. The zero-order valence-electron chi connectivity index (χ0n) is 21.7. The van der Waals surface area contributed by atoms with Crippen LogP contribution in [0.5, 0.6) is 51.7 Å². The van der Waals surface area contributed by atoms with Gasteiger partial charge in [0.2, 0.25) is 0 Å². The van der Waals surface area contributed by atoms with Crippen LogP contribution in [-0.4, -0.2) is 43.9 Å². The number of fused-ring (bicyclic) bond motifs is 8. The summed E-state index contributed by atoms with van der Waals surface area (Å²) in [5.41, 5.74) is 2.70. The van der Waals surface area contributed by atoms with Crippen LogP contribution in [0.4, 0.5) is 0 Å². The summed E-state index contributed by atoms with van der Waals surface area (Å²) in [5.74, 6) is -1.76.